The van der Waals surface area contributed by atoms with Crippen LogP contribution in [-0.4, -0.2) is 16.3 Å². The molecule has 0 saturated carbocycles. The first-order valence-electron chi connectivity index (χ1n) is 6.71. The fourth-order valence-corrected chi connectivity index (χ4v) is 4.88. The summed E-state index contributed by atoms with van der Waals surface area (Å²) in [7, 11) is 0. The number of rotatable bonds is 3. The van der Waals surface area contributed by atoms with Crippen molar-refractivity contribution in [2.24, 2.45) is 5.92 Å². The molecule has 0 radical (unpaired) electrons. The lowest BCUT2D eigenvalue weighted by Gasteiger charge is -2.26. The summed E-state index contributed by atoms with van der Waals surface area (Å²) in [6.07, 6.45) is 1.89. The highest BCUT2D eigenvalue weighted by Gasteiger charge is 2.37. The number of hydrogen-bond donors (Lipinski definition) is 0. The van der Waals surface area contributed by atoms with E-state index in [4.69, 9.17) is 0 Å². The van der Waals surface area contributed by atoms with E-state index >= 15 is 0 Å². The van der Waals surface area contributed by atoms with E-state index in [1.807, 2.05) is 11.8 Å². The van der Waals surface area contributed by atoms with Crippen LogP contribution in [0.2, 0.25) is 0 Å². The number of thioether (sulfide) groups is 1. The van der Waals surface area contributed by atoms with Gasteiger partial charge in [0.15, 0.2) is 5.78 Å². The Morgan fingerprint density at radius 2 is 1.68 bits per heavy atom. The summed E-state index contributed by atoms with van der Waals surface area (Å²) in [5.74, 6) is 0.231. The lowest BCUT2D eigenvalue weighted by atomic mass is 9.90. The number of carbonyl (C=O) groups is 1. The van der Waals surface area contributed by atoms with Gasteiger partial charge in [-0.05, 0) is 25.7 Å². The van der Waals surface area contributed by atoms with Gasteiger partial charge >= 0.3 is 0 Å². The number of fused-ring (bicyclic) bond motifs is 2. The van der Waals surface area contributed by atoms with Gasteiger partial charge in [-0.2, -0.15) is 11.8 Å². The van der Waals surface area contributed by atoms with Crippen LogP contribution in [0.5, 0.6) is 0 Å². The van der Waals surface area contributed by atoms with Gasteiger partial charge in [-0.1, -0.05) is 24.3 Å². The maximum absolute atomic E-state index is 12.5. The number of alkyl halides is 2. The summed E-state index contributed by atoms with van der Waals surface area (Å²) in [5.41, 5.74) is 0.566. The third kappa shape index (κ3) is 2.69. The van der Waals surface area contributed by atoms with Gasteiger partial charge in [0.25, 0.3) is 6.43 Å². The van der Waals surface area contributed by atoms with Crippen molar-refractivity contribution in [2.75, 3.05) is 0 Å². The molecule has 19 heavy (non-hydrogen) atoms. The first-order chi connectivity index (χ1) is 9.13. The molecule has 0 aromatic heterocycles. The number of Topliss-reactive ketones (excluding diaryl/α,β-unsaturated/α-hetero) is 1. The van der Waals surface area contributed by atoms with Crippen molar-refractivity contribution in [2.45, 2.75) is 42.6 Å². The molecule has 3 rings (SSSR count). The Labute approximate surface area is 115 Å². The molecule has 1 aromatic carbocycles. The van der Waals surface area contributed by atoms with Gasteiger partial charge in [-0.25, -0.2) is 8.78 Å². The minimum Gasteiger partial charge on any atom is -0.294 e. The number of halogens is 2. The molecule has 0 spiro atoms. The van der Waals surface area contributed by atoms with E-state index in [1.54, 1.807) is 12.1 Å². The molecule has 0 N–H and O–H groups in total. The molecule has 2 heterocycles. The topological polar surface area (TPSA) is 17.1 Å². The van der Waals surface area contributed by atoms with E-state index < -0.39 is 6.43 Å². The van der Waals surface area contributed by atoms with Crippen LogP contribution < -0.4 is 0 Å². The van der Waals surface area contributed by atoms with E-state index in [0.717, 1.165) is 12.8 Å². The Morgan fingerprint density at radius 3 is 2.21 bits per heavy atom. The Bertz CT molecular complexity index is 460. The second-order valence-electron chi connectivity index (χ2n) is 5.41. The second-order valence-corrected chi connectivity index (χ2v) is 7.02. The zero-order valence-electron chi connectivity index (χ0n) is 10.5. The molecule has 1 aromatic rings. The van der Waals surface area contributed by atoms with E-state index in [1.165, 1.54) is 25.0 Å². The van der Waals surface area contributed by atoms with Crippen LogP contribution >= 0.6 is 11.8 Å². The zero-order valence-corrected chi connectivity index (χ0v) is 11.3. The Hall–Kier alpha value is -0.900. The van der Waals surface area contributed by atoms with Crippen LogP contribution in [0.25, 0.3) is 0 Å². The summed E-state index contributed by atoms with van der Waals surface area (Å²) < 4.78 is 25.0. The molecular formula is C15H16F2OS. The fraction of sp³-hybridized carbons (Fsp3) is 0.533. The molecule has 1 nitrogen and oxygen atoms in total. The van der Waals surface area contributed by atoms with Gasteiger partial charge in [0, 0.05) is 27.5 Å². The first kappa shape index (κ1) is 13.1. The van der Waals surface area contributed by atoms with Crippen LogP contribution in [-0.2, 0) is 0 Å². The molecule has 4 heteroatoms. The summed E-state index contributed by atoms with van der Waals surface area (Å²) in [4.78, 5) is 12.4. The summed E-state index contributed by atoms with van der Waals surface area (Å²) in [5, 5.41) is 1.26. The lowest BCUT2D eigenvalue weighted by Crippen LogP contribution is -2.24. The van der Waals surface area contributed by atoms with Crippen LogP contribution in [0.15, 0.2) is 24.3 Å². The summed E-state index contributed by atoms with van der Waals surface area (Å²) >= 11 is 2.02. The zero-order chi connectivity index (χ0) is 13.4. The molecule has 2 fully saturated rings. The molecule has 2 aliphatic rings. The van der Waals surface area contributed by atoms with Crippen molar-refractivity contribution >= 4 is 17.5 Å². The van der Waals surface area contributed by atoms with E-state index in [-0.39, 0.29) is 17.3 Å². The molecule has 0 aliphatic carbocycles. The predicted octanol–water partition coefficient (Wildman–Crippen LogP) is 4.48. The largest absolute Gasteiger partial charge is 0.294 e. The third-order valence-electron chi connectivity index (χ3n) is 4.11. The SMILES string of the molecule is O=C(c1ccc(C(F)F)cc1)C1CC2CCC(C1)S2. The number of carbonyl (C=O) groups excluding carboxylic acids is 1. The lowest BCUT2D eigenvalue weighted by molar-refractivity contribution is 0.0906. The fourth-order valence-electron chi connectivity index (χ4n) is 3.10. The molecule has 2 saturated heterocycles. The van der Waals surface area contributed by atoms with Gasteiger partial charge in [-0.3, -0.25) is 4.79 Å². The van der Waals surface area contributed by atoms with Crippen molar-refractivity contribution in [1.29, 1.82) is 0 Å². The van der Waals surface area contributed by atoms with Crippen molar-refractivity contribution in [3.63, 3.8) is 0 Å². The Kier molecular flexibility index (Phi) is 3.61. The van der Waals surface area contributed by atoms with E-state index in [0.29, 0.717) is 16.1 Å². The molecule has 0 amide bonds. The van der Waals surface area contributed by atoms with Crippen molar-refractivity contribution in [1.82, 2.24) is 0 Å². The van der Waals surface area contributed by atoms with Crippen molar-refractivity contribution in [3.05, 3.63) is 35.4 Å². The molecule has 2 aliphatic heterocycles. The number of benzene rings is 1. The van der Waals surface area contributed by atoms with Gasteiger partial charge < -0.3 is 0 Å². The Balaban J connectivity index is 1.73. The molecule has 2 atom stereocenters. The minimum absolute atomic E-state index is 0.0178. The van der Waals surface area contributed by atoms with Gasteiger partial charge in [0.2, 0.25) is 0 Å². The molecule has 2 unspecified atom stereocenters. The molecular weight excluding hydrogens is 266 g/mol. The van der Waals surface area contributed by atoms with E-state index in [2.05, 4.69) is 0 Å². The van der Waals surface area contributed by atoms with Crippen LogP contribution in [0, 0.1) is 5.92 Å². The predicted molar refractivity (Wildman–Crippen MR) is 72.9 cm³/mol. The first-order valence-corrected chi connectivity index (χ1v) is 7.65. The highest BCUT2D eigenvalue weighted by molar-refractivity contribution is 8.00. The smallest absolute Gasteiger partial charge is 0.263 e. The summed E-state index contributed by atoms with van der Waals surface area (Å²) in [6, 6.07) is 5.83. The summed E-state index contributed by atoms with van der Waals surface area (Å²) in [6.45, 7) is 0. The average Bonchev–Trinajstić information content (AvgIpc) is 2.76. The second kappa shape index (κ2) is 5.23. The highest BCUT2D eigenvalue weighted by atomic mass is 32.2. The normalized spacial score (nSPS) is 29.7. The quantitative estimate of drug-likeness (QED) is 0.760. The third-order valence-corrected chi connectivity index (χ3v) is 5.73. The maximum Gasteiger partial charge on any atom is 0.263 e. The van der Waals surface area contributed by atoms with Gasteiger partial charge in [-0.15, -0.1) is 0 Å². The van der Waals surface area contributed by atoms with Crippen LogP contribution in [0.4, 0.5) is 8.78 Å². The van der Waals surface area contributed by atoms with Gasteiger partial charge in [0.05, 0.1) is 0 Å². The van der Waals surface area contributed by atoms with Crippen LogP contribution in [0.3, 0.4) is 0 Å². The van der Waals surface area contributed by atoms with Crippen molar-refractivity contribution < 1.29 is 13.6 Å². The van der Waals surface area contributed by atoms with Crippen LogP contribution in [0.1, 0.15) is 48.0 Å². The van der Waals surface area contributed by atoms with E-state index in [9.17, 15) is 13.6 Å². The Morgan fingerprint density at radius 1 is 1.11 bits per heavy atom. The van der Waals surface area contributed by atoms with Gasteiger partial charge in [0.1, 0.15) is 0 Å². The maximum atomic E-state index is 12.5. The minimum atomic E-state index is -2.47. The monoisotopic (exact) mass is 282 g/mol. The molecule has 2 bridgehead atoms. The number of hydrogen-bond acceptors (Lipinski definition) is 2. The standard InChI is InChI=1S/C15H16F2OS/c16-15(17)10-3-1-9(2-4-10)14(18)11-7-12-5-6-13(8-11)19-12/h1-4,11-13,15H,5-8H2. The highest BCUT2D eigenvalue weighted by Crippen LogP contribution is 2.46. The van der Waals surface area contributed by atoms with Crippen molar-refractivity contribution in [3.8, 4) is 0 Å². The average molecular weight is 282 g/mol. The molecule has 102 valence electrons. The number of ketones is 1.